The maximum atomic E-state index is 10.9. The van der Waals surface area contributed by atoms with Gasteiger partial charge in [0.1, 0.15) is 0 Å². The van der Waals surface area contributed by atoms with E-state index < -0.39 is 5.97 Å². The van der Waals surface area contributed by atoms with Gasteiger partial charge in [-0.1, -0.05) is 66.2 Å². The summed E-state index contributed by atoms with van der Waals surface area (Å²) in [5, 5.41) is 9.23. The largest absolute Gasteiger partial charge is 0.478 e. The van der Waals surface area contributed by atoms with Gasteiger partial charge in [-0.3, -0.25) is 0 Å². The molecule has 0 unspecified atom stereocenters. The molecular weight excluding hydrogens is 248 g/mol. The van der Waals surface area contributed by atoms with Crippen molar-refractivity contribution in [3.8, 4) is 0 Å². The molecule has 0 saturated carbocycles. The minimum atomic E-state index is -1.02. The van der Waals surface area contributed by atoms with E-state index in [1.165, 1.54) is 6.07 Å². The highest BCUT2D eigenvalue weighted by molar-refractivity contribution is 6.35. The predicted octanol–water partition coefficient (Wildman–Crippen LogP) is 4.21. The quantitative estimate of drug-likeness (QED) is 0.838. The van der Waals surface area contributed by atoms with Crippen LogP contribution in [-0.4, -0.2) is 11.1 Å². The van der Waals surface area contributed by atoms with Crippen LogP contribution in [0, 0.1) is 0 Å². The Morgan fingerprint density at radius 1 is 1.00 bits per heavy atom. The second kappa shape index (κ2) is 5.52. The average Bonchev–Trinajstić information content (AvgIpc) is 2.38. The molecule has 1 N–H and O–H groups in total. The first kappa shape index (κ1) is 12.4. The van der Waals surface area contributed by atoms with Gasteiger partial charge in [0.2, 0.25) is 0 Å². The summed E-state index contributed by atoms with van der Waals surface area (Å²) in [6, 6.07) is 14.7. The van der Waals surface area contributed by atoms with Gasteiger partial charge in [-0.05, 0) is 17.2 Å². The third-order valence-electron chi connectivity index (χ3n) is 2.51. The van der Waals surface area contributed by atoms with Crippen molar-refractivity contribution < 1.29 is 9.90 Å². The normalized spacial score (nSPS) is 10.7. The lowest BCUT2D eigenvalue weighted by molar-refractivity contribution is 0.0697. The van der Waals surface area contributed by atoms with Crippen LogP contribution in [0.15, 0.2) is 48.5 Å². The topological polar surface area (TPSA) is 37.3 Å². The second-order valence-electron chi connectivity index (χ2n) is 3.76. The number of carboxylic acid groups (broad SMARTS) is 1. The number of hydrogen-bond donors (Lipinski definition) is 1. The standard InChI is InChI=1S/C15H11ClO2/c16-14-12(7-4-8-13(14)15(17)18)10-9-11-5-2-1-3-6-11/h1-10H,(H,17,18)/b10-9+. The molecule has 2 aromatic rings. The van der Waals surface area contributed by atoms with Crippen LogP contribution in [0.4, 0.5) is 0 Å². The first-order valence-corrected chi connectivity index (χ1v) is 5.81. The smallest absolute Gasteiger partial charge is 0.337 e. The SMILES string of the molecule is O=C(O)c1cccc(/C=C/c2ccccc2)c1Cl. The van der Waals surface area contributed by atoms with Crippen molar-refractivity contribution in [2.45, 2.75) is 0 Å². The van der Waals surface area contributed by atoms with Crippen molar-refractivity contribution >= 4 is 29.7 Å². The van der Waals surface area contributed by atoms with Crippen LogP contribution in [0.1, 0.15) is 21.5 Å². The predicted molar refractivity (Wildman–Crippen MR) is 73.8 cm³/mol. The lowest BCUT2D eigenvalue weighted by Gasteiger charge is -2.02. The Balaban J connectivity index is 2.33. The number of carboxylic acids is 1. The van der Waals surface area contributed by atoms with Gasteiger partial charge in [-0.25, -0.2) is 4.79 Å². The zero-order valence-electron chi connectivity index (χ0n) is 9.51. The van der Waals surface area contributed by atoms with Crippen LogP contribution in [0.25, 0.3) is 12.2 Å². The lowest BCUT2D eigenvalue weighted by Crippen LogP contribution is -1.97. The fourth-order valence-electron chi connectivity index (χ4n) is 1.59. The summed E-state index contributed by atoms with van der Waals surface area (Å²) >= 11 is 6.04. The van der Waals surface area contributed by atoms with E-state index in [2.05, 4.69) is 0 Å². The van der Waals surface area contributed by atoms with E-state index in [-0.39, 0.29) is 10.6 Å². The van der Waals surface area contributed by atoms with Crippen molar-refractivity contribution in [1.82, 2.24) is 0 Å². The highest BCUT2D eigenvalue weighted by Gasteiger charge is 2.09. The number of halogens is 1. The van der Waals surface area contributed by atoms with Gasteiger partial charge in [0.15, 0.2) is 0 Å². The van der Waals surface area contributed by atoms with Crippen LogP contribution in [-0.2, 0) is 0 Å². The van der Waals surface area contributed by atoms with E-state index in [1.54, 1.807) is 12.1 Å². The molecule has 18 heavy (non-hydrogen) atoms. The molecule has 0 amide bonds. The molecule has 0 bridgehead atoms. The first-order valence-electron chi connectivity index (χ1n) is 5.43. The number of carbonyl (C=O) groups is 1. The van der Waals surface area contributed by atoms with Gasteiger partial charge in [0.05, 0.1) is 10.6 Å². The van der Waals surface area contributed by atoms with Gasteiger partial charge in [-0.2, -0.15) is 0 Å². The minimum absolute atomic E-state index is 0.117. The van der Waals surface area contributed by atoms with Gasteiger partial charge >= 0.3 is 5.97 Å². The minimum Gasteiger partial charge on any atom is -0.478 e. The van der Waals surface area contributed by atoms with Crippen molar-refractivity contribution in [3.63, 3.8) is 0 Å². The van der Waals surface area contributed by atoms with Crippen molar-refractivity contribution in [2.75, 3.05) is 0 Å². The molecule has 0 saturated heterocycles. The molecule has 0 aliphatic heterocycles. The summed E-state index contributed by atoms with van der Waals surface area (Å²) in [4.78, 5) is 10.9. The van der Waals surface area contributed by atoms with Crippen molar-refractivity contribution in [3.05, 3.63) is 70.2 Å². The zero-order chi connectivity index (χ0) is 13.0. The van der Waals surface area contributed by atoms with E-state index in [0.29, 0.717) is 5.56 Å². The fraction of sp³-hybridized carbons (Fsp3) is 0. The molecule has 0 fully saturated rings. The Hall–Kier alpha value is -2.06. The molecule has 0 aromatic heterocycles. The van der Waals surface area contributed by atoms with Crippen molar-refractivity contribution in [1.29, 1.82) is 0 Å². The third-order valence-corrected chi connectivity index (χ3v) is 2.94. The summed E-state index contributed by atoms with van der Waals surface area (Å²) in [6.45, 7) is 0. The molecule has 0 radical (unpaired) electrons. The highest BCUT2D eigenvalue weighted by atomic mass is 35.5. The molecule has 3 heteroatoms. The van der Waals surface area contributed by atoms with Crippen LogP contribution in [0.2, 0.25) is 5.02 Å². The molecule has 2 nitrogen and oxygen atoms in total. The van der Waals surface area contributed by atoms with Gasteiger partial charge in [-0.15, -0.1) is 0 Å². The molecule has 0 aliphatic carbocycles. The third kappa shape index (κ3) is 2.79. The number of aromatic carboxylic acids is 1. The number of rotatable bonds is 3. The summed E-state index contributed by atoms with van der Waals surface area (Å²) in [6.07, 6.45) is 3.71. The van der Waals surface area contributed by atoms with Crippen LogP contribution >= 0.6 is 11.6 Å². The lowest BCUT2D eigenvalue weighted by atomic mass is 10.1. The Morgan fingerprint density at radius 2 is 1.72 bits per heavy atom. The summed E-state index contributed by atoms with van der Waals surface area (Å²) in [5.74, 6) is -1.02. The fourth-order valence-corrected chi connectivity index (χ4v) is 1.86. The summed E-state index contributed by atoms with van der Waals surface area (Å²) < 4.78 is 0. The second-order valence-corrected chi connectivity index (χ2v) is 4.14. The first-order chi connectivity index (χ1) is 8.68. The molecule has 0 spiro atoms. The Labute approximate surface area is 110 Å². The number of benzene rings is 2. The Bertz CT molecular complexity index is 589. The van der Waals surface area contributed by atoms with Crippen LogP contribution in [0.3, 0.4) is 0 Å². The maximum Gasteiger partial charge on any atom is 0.337 e. The van der Waals surface area contributed by atoms with E-state index in [0.717, 1.165) is 5.56 Å². The van der Waals surface area contributed by atoms with E-state index in [9.17, 15) is 4.79 Å². The number of hydrogen-bond acceptors (Lipinski definition) is 1. The average molecular weight is 259 g/mol. The summed E-state index contributed by atoms with van der Waals surface area (Å²) in [5.41, 5.74) is 1.85. The maximum absolute atomic E-state index is 10.9. The van der Waals surface area contributed by atoms with E-state index in [4.69, 9.17) is 16.7 Å². The van der Waals surface area contributed by atoms with Gasteiger partial charge in [0.25, 0.3) is 0 Å². The molecule has 0 heterocycles. The van der Waals surface area contributed by atoms with Gasteiger partial charge in [0, 0.05) is 0 Å². The molecular formula is C15H11ClO2. The molecule has 2 aromatic carbocycles. The van der Waals surface area contributed by atoms with Crippen LogP contribution < -0.4 is 0 Å². The Morgan fingerprint density at radius 3 is 2.39 bits per heavy atom. The highest BCUT2D eigenvalue weighted by Crippen LogP contribution is 2.23. The van der Waals surface area contributed by atoms with Crippen LogP contribution in [0.5, 0.6) is 0 Å². The zero-order valence-corrected chi connectivity index (χ0v) is 10.3. The van der Waals surface area contributed by atoms with E-state index in [1.807, 2.05) is 42.5 Å². The molecule has 90 valence electrons. The molecule has 2 rings (SSSR count). The Kier molecular flexibility index (Phi) is 3.80. The van der Waals surface area contributed by atoms with E-state index >= 15 is 0 Å². The monoisotopic (exact) mass is 258 g/mol. The van der Waals surface area contributed by atoms with Crippen molar-refractivity contribution in [2.24, 2.45) is 0 Å². The summed E-state index contributed by atoms with van der Waals surface area (Å²) in [7, 11) is 0. The molecule has 0 aliphatic rings. The molecule has 0 atom stereocenters. The van der Waals surface area contributed by atoms with Gasteiger partial charge < -0.3 is 5.11 Å².